The molecule has 4 rings (SSSR count). The molecule has 3 aromatic rings. The lowest BCUT2D eigenvalue weighted by Crippen LogP contribution is -2.15. The molecular formula is C25H25N3O8. The molecule has 11 nitrogen and oxygen atoms in total. The average Bonchev–Trinajstić information content (AvgIpc) is 3.18. The molecule has 2 heterocycles. The Labute approximate surface area is 206 Å². The quantitative estimate of drug-likeness (QED) is 0.260. The van der Waals surface area contributed by atoms with Crippen molar-refractivity contribution < 1.29 is 33.5 Å². The first-order chi connectivity index (χ1) is 17.3. The normalized spacial score (nSPS) is 12.4. The van der Waals surface area contributed by atoms with E-state index in [2.05, 4.69) is 5.10 Å². The van der Waals surface area contributed by atoms with Gasteiger partial charge in [-0.25, -0.2) is 9.48 Å². The van der Waals surface area contributed by atoms with Gasteiger partial charge in [-0.1, -0.05) is 0 Å². The van der Waals surface area contributed by atoms with E-state index >= 15 is 0 Å². The summed E-state index contributed by atoms with van der Waals surface area (Å²) in [5.41, 5.74) is 4.54. The Balaban J connectivity index is 1.47. The summed E-state index contributed by atoms with van der Waals surface area (Å²) >= 11 is 0. The molecule has 11 heteroatoms. The van der Waals surface area contributed by atoms with E-state index in [4.69, 9.17) is 18.9 Å². The number of carbonyl (C=O) groups is 2. The molecule has 0 saturated carbocycles. The summed E-state index contributed by atoms with van der Waals surface area (Å²) in [6.07, 6.45) is 0.784. The number of fused-ring (bicyclic) bond motifs is 1. The molecule has 0 bridgehead atoms. The molecule has 0 amide bonds. The van der Waals surface area contributed by atoms with E-state index in [1.807, 2.05) is 13.8 Å². The van der Waals surface area contributed by atoms with E-state index in [0.29, 0.717) is 28.9 Å². The Morgan fingerprint density at radius 2 is 1.94 bits per heavy atom. The zero-order valence-electron chi connectivity index (χ0n) is 20.1. The number of nitrogens with zero attached hydrogens (tertiary/aromatic N) is 3. The summed E-state index contributed by atoms with van der Waals surface area (Å²) < 4.78 is 22.6. The molecule has 0 spiro atoms. The van der Waals surface area contributed by atoms with Crippen molar-refractivity contribution in [2.75, 3.05) is 13.9 Å². The summed E-state index contributed by atoms with van der Waals surface area (Å²) in [5.74, 6) is -0.432. The topological polar surface area (TPSA) is 132 Å². The fourth-order valence-electron chi connectivity index (χ4n) is 4.08. The van der Waals surface area contributed by atoms with E-state index in [1.165, 1.54) is 19.2 Å². The van der Waals surface area contributed by atoms with Crippen LogP contribution in [0.25, 0.3) is 5.69 Å². The Bertz CT molecular complexity index is 1310. The molecule has 36 heavy (non-hydrogen) atoms. The van der Waals surface area contributed by atoms with Crippen LogP contribution in [-0.2, 0) is 38.6 Å². The zero-order valence-corrected chi connectivity index (χ0v) is 20.1. The number of ether oxygens (including phenoxy) is 4. The molecule has 1 aliphatic heterocycles. The molecule has 1 aromatic heterocycles. The van der Waals surface area contributed by atoms with Crippen LogP contribution in [0, 0.1) is 24.0 Å². The van der Waals surface area contributed by atoms with Crippen LogP contribution in [0.5, 0.6) is 5.75 Å². The molecule has 2 aromatic carbocycles. The first-order valence-electron chi connectivity index (χ1n) is 11.2. The third kappa shape index (κ3) is 5.20. The molecular weight excluding hydrogens is 470 g/mol. The highest BCUT2D eigenvalue weighted by atomic mass is 16.7. The molecule has 0 radical (unpaired) electrons. The number of aromatic nitrogens is 2. The number of aryl methyl sites for hydroxylation is 1. The highest BCUT2D eigenvalue weighted by molar-refractivity contribution is 5.89. The van der Waals surface area contributed by atoms with Crippen LogP contribution in [0.2, 0.25) is 0 Å². The lowest BCUT2D eigenvalue weighted by molar-refractivity contribution is -0.385. The van der Waals surface area contributed by atoms with Crippen molar-refractivity contribution in [3.05, 3.63) is 80.2 Å². The zero-order chi connectivity index (χ0) is 25.8. The van der Waals surface area contributed by atoms with E-state index in [-0.39, 0.29) is 38.1 Å². The highest BCUT2D eigenvalue weighted by Crippen LogP contribution is 2.33. The monoisotopic (exact) mass is 495 g/mol. The van der Waals surface area contributed by atoms with Gasteiger partial charge in [-0.15, -0.1) is 0 Å². The van der Waals surface area contributed by atoms with Gasteiger partial charge in [-0.3, -0.25) is 14.9 Å². The van der Waals surface area contributed by atoms with Crippen molar-refractivity contribution in [1.29, 1.82) is 0 Å². The van der Waals surface area contributed by atoms with Gasteiger partial charge in [0.2, 0.25) is 0 Å². The van der Waals surface area contributed by atoms with Gasteiger partial charge in [0.05, 0.1) is 35.6 Å². The fraction of sp³-hybridized carbons (Fsp3) is 0.320. The fourth-order valence-corrected chi connectivity index (χ4v) is 4.08. The van der Waals surface area contributed by atoms with Gasteiger partial charge >= 0.3 is 11.9 Å². The van der Waals surface area contributed by atoms with Crippen LogP contribution >= 0.6 is 0 Å². The van der Waals surface area contributed by atoms with Crippen LogP contribution < -0.4 is 4.74 Å². The number of non-ortho nitro benzene ring substituents is 1. The smallest absolute Gasteiger partial charge is 0.338 e. The van der Waals surface area contributed by atoms with Crippen molar-refractivity contribution >= 4 is 17.6 Å². The summed E-state index contributed by atoms with van der Waals surface area (Å²) in [7, 11) is 1.36. The van der Waals surface area contributed by atoms with Crippen LogP contribution in [-0.4, -0.2) is 40.5 Å². The number of nitro benzene ring substituents is 1. The Morgan fingerprint density at radius 1 is 1.19 bits per heavy atom. The van der Waals surface area contributed by atoms with Crippen LogP contribution in [0.4, 0.5) is 5.69 Å². The summed E-state index contributed by atoms with van der Waals surface area (Å²) in [4.78, 5) is 34.9. The molecule has 0 aliphatic carbocycles. The van der Waals surface area contributed by atoms with Crippen molar-refractivity contribution in [3.63, 3.8) is 0 Å². The largest absolute Gasteiger partial charge is 0.469 e. The van der Waals surface area contributed by atoms with E-state index in [0.717, 1.165) is 22.6 Å². The minimum atomic E-state index is -0.582. The van der Waals surface area contributed by atoms with Gasteiger partial charge in [0, 0.05) is 35.4 Å². The van der Waals surface area contributed by atoms with Gasteiger partial charge in [0.15, 0.2) is 6.79 Å². The minimum absolute atomic E-state index is 0.0178. The van der Waals surface area contributed by atoms with Gasteiger partial charge in [-0.2, -0.15) is 5.10 Å². The second kappa shape index (κ2) is 10.6. The van der Waals surface area contributed by atoms with Crippen LogP contribution in [0.15, 0.2) is 36.4 Å². The maximum atomic E-state index is 12.7. The lowest BCUT2D eigenvalue weighted by Gasteiger charge is -2.20. The first kappa shape index (κ1) is 24.9. The third-order valence-electron chi connectivity index (χ3n) is 5.94. The Morgan fingerprint density at radius 3 is 2.64 bits per heavy atom. The van der Waals surface area contributed by atoms with E-state index in [1.54, 1.807) is 28.9 Å². The maximum absolute atomic E-state index is 12.7. The summed E-state index contributed by atoms with van der Waals surface area (Å²) in [5, 5.41) is 15.8. The molecule has 0 N–H and O–H groups in total. The second-order valence-corrected chi connectivity index (χ2v) is 8.22. The van der Waals surface area contributed by atoms with Gasteiger partial charge in [-0.05, 0) is 50.1 Å². The first-order valence-corrected chi connectivity index (χ1v) is 11.2. The molecule has 0 saturated heterocycles. The van der Waals surface area contributed by atoms with Crippen LogP contribution in [0.1, 0.15) is 44.9 Å². The standard InChI is InChI=1S/C25H25N3O8/c1-15-22(8-9-23(29)33-3)16(2)27(26-15)20-6-4-17(5-7-20)25(30)35-13-19-11-21(28(31)32)10-18-12-34-14-36-24(18)19/h4-7,10-11H,8-9,12-14H2,1-3H3. The summed E-state index contributed by atoms with van der Waals surface area (Å²) in [6.45, 7) is 3.80. The minimum Gasteiger partial charge on any atom is -0.469 e. The van der Waals surface area contributed by atoms with Crippen molar-refractivity contribution in [2.24, 2.45) is 0 Å². The number of esters is 2. The lowest BCUT2D eigenvalue weighted by atomic mass is 10.1. The average molecular weight is 495 g/mol. The highest BCUT2D eigenvalue weighted by Gasteiger charge is 2.22. The van der Waals surface area contributed by atoms with Crippen LogP contribution in [0.3, 0.4) is 0 Å². The number of benzene rings is 2. The second-order valence-electron chi connectivity index (χ2n) is 8.22. The van der Waals surface area contributed by atoms with Crippen molar-refractivity contribution in [2.45, 2.75) is 39.9 Å². The van der Waals surface area contributed by atoms with Gasteiger partial charge < -0.3 is 18.9 Å². The van der Waals surface area contributed by atoms with Crippen molar-refractivity contribution in [1.82, 2.24) is 9.78 Å². The molecule has 188 valence electrons. The van der Waals surface area contributed by atoms with Gasteiger partial charge in [0.1, 0.15) is 12.4 Å². The number of rotatable bonds is 8. The number of hydrogen-bond donors (Lipinski definition) is 0. The number of carbonyl (C=O) groups excluding carboxylic acids is 2. The Kier molecular flexibility index (Phi) is 7.30. The number of hydrogen-bond acceptors (Lipinski definition) is 9. The SMILES string of the molecule is COC(=O)CCc1c(C)nn(-c2ccc(C(=O)OCc3cc([N+](=O)[O-])cc4c3OCOC4)cc2)c1C. The Hall–Kier alpha value is -4.25. The van der Waals surface area contributed by atoms with E-state index in [9.17, 15) is 19.7 Å². The van der Waals surface area contributed by atoms with Crippen molar-refractivity contribution in [3.8, 4) is 11.4 Å². The molecule has 0 unspecified atom stereocenters. The summed E-state index contributed by atoms with van der Waals surface area (Å²) in [6, 6.07) is 9.45. The predicted octanol–water partition coefficient (Wildman–Crippen LogP) is 3.73. The van der Waals surface area contributed by atoms with E-state index < -0.39 is 10.9 Å². The maximum Gasteiger partial charge on any atom is 0.338 e. The number of nitro groups is 1. The number of methoxy groups -OCH3 is 1. The molecule has 0 atom stereocenters. The third-order valence-corrected chi connectivity index (χ3v) is 5.94. The van der Waals surface area contributed by atoms with Gasteiger partial charge in [0.25, 0.3) is 5.69 Å². The molecule has 0 fully saturated rings. The predicted molar refractivity (Wildman–Crippen MR) is 126 cm³/mol. The molecule has 1 aliphatic rings.